The average Bonchev–Trinajstić information content (AvgIpc) is 2.49. The third kappa shape index (κ3) is 2.01. The summed E-state index contributed by atoms with van der Waals surface area (Å²) in [7, 11) is 0. The maximum Gasteiger partial charge on any atom is 0.302 e. The molecule has 4 atom stereocenters. The Labute approximate surface area is 103 Å². The van der Waals surface area contributed by atoms with Gasteiger partial charge in [-0.1, -0.05) is 13.0 Å². The SMILES string of the molecule is C/C=C1\[C@@H](O)CC2[C@@H](OC(C)=O)CCC[C@]12C. The number of carbonyl (C=O) groups is 1. The smallest absolute Gasteiger partial charge is 0.302 e. The van der Waals surface area contributed by atoms with Gasteiger partial charge in [-0.2, -0.15) is 0 Å². The Morgan fingerprint density at radius 3 is 2.88 bits per heavy atom. The Bertz CT molecular complexity index is 347. The highest BCUT2D eigenvalue weighted by molar-refractivity contribution is 5.66. The van der Waals surface area contributed by atoms with Crippen molar-refractivity contribution in [2.24, 2.45) is 11.3 Å². The van der Waals surface area contributed by atoms with Crippen molar-refractivity contribution in [2.45, 2.75) is 58.7 Å². The lowest BCUT2D eigenvalue weighted by atomic mass is 9.66. The van der Waals surface area contributed by atoms with Crippen molar-refractivity contribution in [3.8, 4) is 0 Å². The van der Waals surface area contributed by atoms with Crippen molar-refractivity contribution in [2.75, 3.05) is 0 Å². The number of hydrogen-bond donors (Lipinski definition) is 1. The molecule has 2 aliphatic carbocycles. The highest BCUT2D eigenvalue weighted by atomic mass is 16.5. The first-order chi connectivity index (χ1) is 7.99. The van der Waals surface area contributed by atoms with Crippen LogP contribution in [0.5, 0.6) is 0 Å². The Hall–Kier alpha value is -0.830. The van der Waals surface area contributed by atoms with E-state index in [2.05, 4.69) is 6.92 Å². The predicted molar refractivity (Wildman–Crippen MR) is 65.4 cm³/mol. The molecule has 0 bridgehead atoms. The van der Waals surface area contributed by atoms with E-state index in [1.54, 1.807) is 0 Å². The number of fused-ring (bicyclic) bond motifs is 1. The maximum absolute atomic E-state index is 11.1. The molecular weight excluding hydrogens is 216 g/mol. The van der Waals surface area contributed by atoms with E-state index in [1.165, 1.54) is 6.92 Å². The number of aliphatic hydroxyl groups excluding tert-OH is 1. The van der Waals surface area contributed by atoms with Crippen molar-refractivity contribution in [1.29, 1.82) is 0 Å². The van der Waals surface area contributed by atoms with Gasteiger partial charge in [0.15, 0.2) is 0 Å². The second-order valence-corrected chi connectivity index (χ2v) is 5.56. The number of esters is 1. The molecule has 2 fully saturated rings. The number of aliphatic hydroxyl groups is 1. The molecule has 0 saturated heterocycles. The minimum atomic E-state index is -0.355. The second-order valence-electron chi connectivity index (χ2n) is 5.56. The van der Waals surface area contributed by atoms with Crippen molar-refractivity contribution in [3.05, 3.63) is 11.6 Å². The Morgan fingerprint density at radius 2 is 2.29 bits per heavy atom. The highest BCUT2D eigenvalue weighted by Crippen LogP contribution is 2.55. The summed E-state index contributed by atoms with van der Waals surface area (Å²) in [4.78, 5) is 11.1. The molecule has 0 aromatic heterocycles. The summed E-state index contributed by atoms with van der Waals surface area (Å²) in [6.07, 6.45) is 5.49. The van der Waals surface area contributed by atoms with Crippen LogP contribution in [0.4, 0.5) is 0 Å². The fraction of sp³-hybridized carbons (Fsp3) is 0.786. The van der Waals surface area contributed by atoms with Gasteiger partial charge in [0.25, 0.3) is 0 Å². The van der Waals surface area contributed by atoms with Gasteiger partial charge in [-0.25, -0.2) is 0 Å². The fourth-order valence-corrected chi connectivity index (χ4v) is 3.86. The third-order valence-corrected chi connectivity index (χ3v) is 4.58. The highest BCUT2D eigenvalue weighted by Gasteiger charge is 2.52. The van der Waals surface area contributed by atoms with Gasteiger partial charge in [-0.15, -0.1) is 0 Å². The van der Waals surface area contributed by atoms with Crippen LogP contribution in [0.15, 0.2) is 11.6 Å². The lowest BCUT2D eigenvalue weighted by molar-refractivity contribution is -0.153. The van der Waals surface area contributed by atoms with Crippen LogP contribution in [0.2, 0.25) is 0 Å². The molecule has 0 amide bonds. The summed E-state index contributed by atoms with van der Waals surface area (Å²) in [5.41, 5.74) is 1.16. The molecule has 2 rings (SSSR count). The van der Waals surface area contributed by atoms with Gasteiger partial charge >= 0.3 is 5.97 Å². The monoisotopic (exact) mass is 238 g/mol. The molecule has 2 saturated carbocycles. The topological polar surface area (TPSA) is 46.5 Å². The molecule has 0 aliphatic heterocycles. The van der Waals surface area contributed by atoms with Gasteiger partial charge in [0.05, 0.1) is 6.10 Å². The average molecular weight is 238 g/mol. The minimum absolute atomic E-state index is 0.0154. The standard InChI is InChI=1S/C14H22O3/c1-4-10-12(16)8-11-13(17-9(2)15)6-5-7-14(10,11)3/h4,11-13,16H,5-8H2,1-3H3/b10-4+/t11?,12-,13-,14+/m0/s1. The zero-order valence-corrected chi connectivity index (χ0v) is 10.9. The van der Waals surface area contributed by atoms with Crippen LogP contribution in [0.25, 0.3) is 0 Å². The van der Waals surface area contributed by atoms with E-state index in [4.69, 9.17) is 4.74 Å². The van der Waals surface area contributed by atoms with E-state index >= 15 is 0 Å². The largest absolute Gasteiger partial charge is 0.462 e. The van der Waals surface area contributed by atoms with E-state index in [0.717, 1.165) is 31.3 Å². The molecule has 3 nitrogen and oxygen atoms in total. The molecule has 96 valence electrons. The number of ether oxygens (including phenoxy) is 1. The van der Waals surface area contributed by atoms with Gasteiger partial charge in [-0.05, 0) is 43.6 Å². The van der Waals surface area contributed by atoms with Crippen molar-refractivity contribution < 1.29 is 14.6 Å². The molecular formula is C14H22O3. The van der Waals surface area contributed by atoms with Gasteiger partial charge in [-0.3, -0.25) is 4.79 Å². The van der Waals surface area contributed by atoms with Gasteiger partial charge in [0.2, 0.25) is 0 Å². The summed E-state index contributed by atoms with van der Waals surface area (Å²) < 4.78 is 5.43. The van der Waals surface area contributed by atoms with Crippen LogP contribution in [0, 0.1) is 11.3 Å². The first-order valence-corrected chi connectivity index (χ1v) is 6.51. The molecule has 17 heavy (non-hydrogen) atoms. The fourth-order valence-electron chi connectivity index (χ4n) is 3.86. The van der Waals surface area contributed by atoms with Crippen LogP contribution in [-0.2, 0) is 9.53 Å². The number of allylic oxidation sites excluding steroid dienone is 1. The summed E-state index contributed by atoms with van der Waals surface area (Å²) in [5.74, 6) is 0.0732. The van der Waals surface area contributed by atoms with E-state index in [0.29, 0.717) is 0 Å². The Kier molecular flexibility index (Phi) is 3.30. The summed E-state index contributed by atoms with van der Waals surface area (Å²) in [5, 5.41) is 10.1. The molecule has 0 heterocycles. The van der Waals surface area contributed by atoms with E-state index in [1.807, 2.05) is 13.0 Å². The van der Waals surface area contributed by atoms with Crippen molar-refractivity contribution in [3.63, 3.8) is 0 Å². The molecule has 0 aromatic carbocycles. The van der Waals surface area contributed by atoms with E-state index in [9.17, 15) is 9.90 Å². The van der Waals surface area contributed by atoms with Crippen LogP contribution >= 0.6 is 0 Å². The number of rotatable bonds is 1. The molecule has 1 N–H and O–H groups in total. The maximum atomic E-state index is 11.1. The van der Waals surface area contributed by atoms with Crippen molar-refractivity contribution in [1.82, 2.24) is 0 Å². The van der Waals surface area contributed by atoms with Gasteiger partial charge in [0, 0.05) is 12.8 Å². The Morgan fingerprint density at radius 1 is 1.59 bits per heavy atom. The summed E-state index contributed by atoms with van der Waals surface area (Å²) in [6.45, 7) is 5.66. The molecule has 0 spiro atoms. The molecule has 1 unspecified atom stereocenters. The quantitative estimate of drug-likeness (QED) is 0.564. The third-order valence-electron chi connectivity index (χ3n) is 4.58. The molecule has 3 heteroatoms. The molecule has 0 radical (unpaired) electrons. The molecule has 2 aliphatic rings. The second kappa shape index (κ2) is 4.45. The zero-order valence-electron chi connectivity index (χ0n) is 10.9. The van der Waals surface area contributed by atoms with E-state index in [-0.39, 0.29) is 29.5 Å². The normalized spacial score (nSPS) is 43.5. The first-order valence-electron chi connectivity index (χ1n) is 6.51. The zero-order chi connectivity index (χ0) is 12.6. The van der Waals surface area contributed by atoms with Gasteiger partial charge < -0.3 is 9.84 Å². The first kappa shape index (κ1) is 12.6. The van der Waals surface area contributed by atoms with Gasteiger partial charge in [0.1, 0.15) is 6.10 Å². The minimum Gasteiger partial charge on any atom is -0.462 e. The predicted octanol–water partition coefficient (Wildman–Crippen LogP) is 2.44. The lowest BCUT2D eigenvalue weighted by Crippen LogP contribution is -2.39. The van der Waals surface area contributed by atoms with Crippen LogP contribution in [0.1, 0.15) is 46.5 Å². The van der Waals surface area contributed by atoms with Crippen LogP contribution in [0.3, 0.4) is 0 Å². The summed E-state index contributed by atoms with van der Waals surface area (Å²) in [6, 6.07) is 0. The Balaban J connectivity index is 2.26. The van der Waals surface area contributed by atoms with E-state index < -0.39 is 0 Å². The lowest BCUT2D eigenvalue weighted by Gasteiger charge is -2.41. The van der Waals surface area contributed by atoms with Crippen LogP contribution in [-0.4, -0.2) is 23.3 Å². The van der Waals surface area contributed by atoms with Crippen LogP contribution < -0.4 is 0 Å². The molecule has 0 aromatic rings. The summed E-state index contributed by atoms with van der Waals surface area (Å²) >= 11 is 0. The van der Waals surface area contributed by atoms with Crippen molar-refractivity contribution >= 4 is 5.97 Å². The number of hydrogen-bond acceptors (Lipinski definition) is 3. The number of carbonyl (C=O) groups excluding carboxylic acids is 1.